The second-order valence-corrected chi connectivity index (χ2v) is 4.56. The Bertz CT molecular complexity index is 515. The summed E-state index contributed by atoms with van der Waals surface area (Å²) in [7, 11) is 0. The second kappa shape index (κ2) is 7.67. The molecule has 0 aliphatic heterocycles. The molecule has 0 saturated carbocycles. The molecule has 0 unspecified atom stereocenters. The second-order valence-electron chi connectivity index (χ2n) is 4.56. The molecular weight excluding hydrogens is 301 g/mol. The summed E-state index contributed by atoms with van der Waals surface area (Å²) in [4.78, 5) is 23.5. The molecule has 0 fully saturated rings. The van der Waals surface area contributed by atoms with E-state index in [1.807, 2.05) is 6.92 Å². The van der Waals surface area contributed by atoms with Gasteiger partial charge in [0.1, 0.15) is 11.8 Å². The molecule has 0 aliphatic carbocycles. The van der Waals surface area contributed by atoms with Crippen molar-refractivity contribution in [3.8, 4) is 5.75 Å². The minimum atomic E-state index is -4.78. The fraction of sp³-hybridized carbons (Fsp3) is 0.429. The third-order valence-electron chi connectivity index (χ3n) is 2.64. The minimum Gasteiger partial charge on any atom is -0.406 e. The highest BCUT2D eigenvalue weighted by atomic mass is 19.4. The molecule has 0 radical (unpaired) electrons. The van der Waals surface area contributed by atoms with Crippen LogP contribution in [0.4, 0.5) is 13.2 Å². The molecule has 0 bridgehead atoms. The Balaban J connectivity index is 2.60. The van der Waals surface area contributed by atoms with Crippen LogP contribution in [0.1, 0.15) is 30.6 Å². The van der Waals surface area contributed by atoms with Crippen LogP contribution in [0.15, 0.2) is 24.3 Å². The fourth-order valence-electron chi connectivity index (χ4n) is 1.55. The molecule has 122 valence electrons. The van der Waals surface area contributed by atoms with Gasteiger partial charge in [-0.3, -0.25) is 9.59 Å². The maximum Gasteiger partial charge on any atom is 0.573 e. The number of nitrogens with one attached hydrogen (secondary N) is 2. The average molecular weight is 318 g/mol. The SMILES string of the molecule is CCCNC(=O)[C@@H](C)NC(=O)c1ccc(OC(F)(F)F)cc1. The Morgan fingerprint density at radius 1 is 1.23 bits per heavy atom. The van der Waals surface area contributed by atoms with E-state index < -0.39 is 24.1 Å². The van der Waals surface area contributed by atoms with Crippen molar-refractivity contribution in [2.75, 3.05) is 6.54 Å². The van der Waals surface area contributed by atoms with E-state index >= 15 is 0 Å². The number of benzene rings is 1. The summed E-state index contributed by atoms with van der Waals surface area (Å²) in [5.74, 6) is -1.30. The highest BCUT2D eigenvalue weighted by Crippen LogP contribution is 2.22. The predicted molar refractivity (Wildman–Crippen MR) is 73.4 cm³/mol. The summed E-state index contributed by atoms with van der Waals surface area (Å²) in [6, 6.07) is 3.69. The molecule has 5 nitrogen and oxygen atoms in total. The standard InChI is InChI=1S/C14H17F3N2O3/c1-3-8-18-12(20)9(2)19-13(21)10-4-6-11(7-5-10)22-14(15,16)17/h4-7,9H,3,8H2,1-2H3,(H,18,20)(H,19,21)/t9-/m1/s1. The summed E-state index contributed by atoms with van der Waals surface area (Å²) >= 11 is 0. The first-order valence-electron chi connectivity index (χ1n) is 6.67. The fourth-order valence-corrected chi connectivity index (χ4v) is 1.55. The normalized spacial score (nSPS) is 12.4. The number of carbonyl (C=O) groups is 2. The summed E-state index contributed by atoms with van der Waals surface area (Å²) in [6.07, 6.45) is -4.01. The van der Waals surface area contributed by atoms with Gasteiger partial charge < -0.3 is 15.4 Å². The molecule has 8 heteroatoms. The van der Waals surface area contributed by atoms with Crippen molar-refractivity contribution >= 4 is 11.8 Å². The van der Waals surface area contributed by atoms with Crippen molar-refractivity contribution < 1.29 is 27.5 Å². The van der Waals surface area contributed by atoms with Crippen LogP contribution in [0.3, 0.4) is 0 Å². The van der Waals surface area contributed by atoms with Gasteiger partial charge in [0, 0.05) is 12.1 Å². The lowest BCUT2D eigenvalue weighted by molar-refractivity contribution is -0.274. The van der Waals surface area contributed by atoms with Gasteiger partial charge in [-0.1, -0.05) is 6.92 Å². The van der Waals surface area contributed by atoms with Gasteiger partial charge >= 0.3 is 6.36 Å². The van der Waals surface area contributed by atoms with Gasteiger partial charge in [-0.2, -0.15) is 0 Å². The lowest BCUT2D eigenvalue weighted by atomic mass is 10.2. The maximum absolute atomic E-state index is 12.0. The Kier molecular flexibility index (Phi) is 6.21. The van der Waals surface area contributed by atoms with Gasteiger partial charge in [-0.15, -0.1) is 13.2 Å². The van der Waals surface area contributed by atoms with E-state index in [9.17, 15) is 22.8 Å². The summed E-state index contributed by atoms with van der Waals surface area (Å²) in [5.41, 5.74) is 0.129. The molecule has 0 heterocycles. The zero-order chi connectivity index (χ0) is 16.8. The zero-order valence-corrected chi connectivity index (χ0v) is 12.2. The lowest BCUT2D eigenvalue weighted by Gasteiger charge is -2.14. The molecule has 2 N–H and O–H groups in total. The van der Waals surface area contributed by atoms with Crippen molar-refractivity contribution in [2.45, 2.75) is 32.7 Å². The molecule has 0 aromatic heterocycles. The van der Waals surface area contributed by atoms with Gasteiger partial charge in [-0.05, 0) is 37.6 Å². The van der Waals surface area contributed by atoms with Crippen LogP contribution < -0.4 is 15.4 Å². The molecule has 0 spiro atoms. The van der Waals surface area contributed by atoms with Crippen molar-refractivity contribution in [3.63, 3.8) is 0 Å². The van der Waals surface area contributed by atoms with Gasteiger partial charge in [-0.25, -0.2) is 0 Å². The maximum atomic E-state index is 12.0. The largest absolute Gasteiger partial charge is 0.573 e. The Hall–Kier alpha value is -2.25. The van der Waals surface area contributed by atoms with E-state index in [1.165, 1.54) is 19.1 Å². The highest BCUT2D eigenvalue weighted by Gasteiger charge is 2.31. The average Bonchev–Trinajstić information content (AvgIpc) is 2.43. The molecular formula is C14H17F3N2O3. The van der Waals surface area contributed by atoms with Crippen LogP contribution in [0.25, 0.3) is 0 Å². The van der Waals surface area contributed by atoms with Crippen molar-refractivity contribution in [1.29, 1.82) is 0 Å². The smallest absolute Gasteiger partial charge is 0.406 e. The van der Waals surface area contributed by atoms with Crippen molar-refractivity contribution in [1.82, 2.24) is 10.6 Å². The van der Waals surface area contributed by atoms with Crippen LogP contribution in [-0.4, -0.2) is 30.8 Å². The van der Waals surface area contributed by atoms with E-state index in [0.717, 1.165) is 18.6 Å². The third kappa shape index (κ3) is 6.02. The van der Waals surface area contributed by atoms with Crippen LogP contribution in [-0.2, 0) is 4.79 Å². The number of alkyl halides is 3. The van der Waals surface area contributed by atoms with Gasteiger partial charge in [0.15, 0.2) is 0 Å². The Morgan fingerprint density at radius 3 is 2.32 bits per heavy atom. The Morgan fingerprint density at radius 2 is 1.82 bits per heavy atom. The monoisotopic (exact) mass is 318 g/mol. The van der Waals surface area contributed by atoms with Gasteiger partial charge in [0.2, 0.25) is 5.91 Å². The first kappa shape index (κ1) is 17.8. The molecule has 1 atom stereocenters. The molecule has 0 saturated heterocycles. The van der Waals surface area contributed by atoms with Crippen molar-refractivity contribution in [2.24, 2.45) is 0 Å². The van der Waals surface area contributed by atoms with Crippen LogP contribution in [0, 0.1) is 0 Å². The first-order chi connectivity index (χ1) is 10.2. The first-order valence-corrected chi connectivity index (χ1v) is 6.67. The zero-order valence-electron chi connectivity index (χ0n) is 12.2. The minimum absolute atomic E-state index is 0.129. The van der Waals surface area contributed by atoms with Crippen LogP contribution >= 0.6 is 0 Å². The van der Waals surface area contributed by atoms with Crippen LogP contribution in [0.5, 0.6) is 5.75 Å². The van der Waals surface area contributed by atoms with E-state index in [1.54, 1.807) is 0 Å². The predicted octanol–water partition coefficient (Wildman–Crippen LogP) is 2.23. The quantitative estimate of drug-likeness (QED) is 0.845. The molecule has 1 aromatic carbocycles. The van der Waals surface area contributed by atoms with Crippen LogP contribution in [0.2, 0.25) is 0 Å². The number of halogens is 3. The Labute approximate surface area is 125 Å². The van der Waals surface area contributed by atoms with Gasteiger partial charge in [0.25, 0.3) is 5.91 Å². The molecule has 1 aromatic rings. The molecule has 2 amide bonds. The number of amides is 2. The number of ether oxygens (including phenoxy) is 1. The number of carbonyl (C=O) groups excluding carboxylic acids is 2. The molecule has 1 rings (SSSR count). The van der Waals surface area contributed by atoms with E-state index in [-0.39, 0.29) is 11.5 Å². The van der Waals surface area contributed by atoms with Crippen molar-refractivity contribution in [3.05, 3.63) is 29.8 Å². The molecule has 22 heavy (non-hydrogen) atoms. The van der Waals surface area contributed by atoms with E-state index in [2.05, 4.69) is 15.4 Å². The highest BCUT2D eigenvalue weighted by molar-refractivity contribution is 5.97. The number of hydrogen-bond donors (Lipinski definition) is 2. The molecule has 0 aliphatic rings. The topological polar surface area (TPSA) is 67.4 Å². The lowest BCUT2D eigenvalue weighted by Crippen LogP contribution is -2.44. The number of rotatable bonds is 6. The summed E-state index contributed by atoms with van der Waals surface area (Å²) in [6.45, 7) is 3.92. The van der Waals surface area contributed by atoms with E-state index in [4.69, 9.17) is 0 Å². The van der Waals surface area contributed by atoms with Gasteiger partial charge in [0.05, 0.1) is 0 Å². The third-order valence-corrected chi connectivity index (χ3v) is 2.64. The summed E-state index contributed by atoms with van der Waals surface area (Å²) < 4.78 is 39.8. The number of hydrogen-bond acceptors (Lipinski definition) is 3. The van der Waals surface area contributed by atoms with E-state index in [0.29, 0.717) is 6.54 Å². The summed E-state index contributed by atoms with van der Waals surface area (Å²) in [5, 5.41) is 5.08.